The van der Waals surface area contributed by atoms with Crippen LogP contribution in [0.25, 0.3) is 5.70 Å². The zero-order chi connectivity index (χ0) is 13.7. The van der Waals surface area contributed by atoms with Crippen LogP contribution >= 0.6 is 0 Å². The molecule has 0 aliphatic heterocycles. The van der Waals surface area contributed by atoms with Gasteiger partial charge in [0.25, 0.3) is 0 Å². The molecule has 0 aliphatic rings. The summed E-state index contributed by atoms with van der Waals surface area (Å²) < 4.78 is 13.8. The van der Waals surface area contributed by atoms with Crippen molar-refractivity contribution in [1.29, 1.82) is 0 Å². The van der Waals surface area contributed by atoms with Crippen LogP contribution in [0.4, 0.5) is 4.39 Å². The summed E-state index contributed by atoms with van der Waals surface area (Å²) in [5, 5.41) is 5.99. The molecule has 1 aromatic carbocycles. The maximum absolute atomic E-state index is 13.8. The van der Waals surface area contributed by atoms with E-state index in [1.54, 1.807) is 19.3 Å². The summed E-state index contributed by atoms with van der Waals surface area (Å²) in [6, 6.07) is 4.97. The Hall–Kier alpha value is -2.03. The zero-order valence-corrected chi connectivity index (χ0v) is 11.1. The average Bonchev–Trinajstić information content (AvgIpc) is 2.28. The summed E-state index contributed by atoms with van der Waals surface area (Å²) in [7, 11) is 1.79. The molecule has 3 heteroatoms. The van der Waals surface area contributed by atoms with Gasteiger partial charge in [-0.05, 0) is 31.1 Å². The van der Waals surface area contributed by atoms with Gasteiger partial charge >= 0.3 is 0 Å². The fraction of sp³-hybridized carbons (Fsp3) is 0.200. The van der Waals surface area contributed by atoms with Crippen molar-refractivity contribution in [3.63, 3.8) is 0 Å². The Morgan fingerprint density at radius 1 is 1.33 bits per heavy atom. The van der Waals surface area contributed by atoms with Crippen molar-refractivity contribution in [3.05, 3.63) is 65.8 Å². The number of rotatable bonds is 5. The molecule has 0 unspecified atom stereocenters. The first-order chi connectivity index (χ1) is 8.47. The molecule has 0 atom stereocenters. The normalized spacial score (nSPS) is 11.0. The van der Waals surface area contributed by atoms with Crippen LogP contribution in [-0.2, 0) is 0 Å². The molecule has 1 aromatic rings. The number of benzene rings is 1. The molecule has 0 aromatic heterocycles. The van der Waals surface area contributed by atoms with E-state index in [1.165, 1.54) is 6.07 Å². The van der Waals surface area contributed by atoms with E-state index in [0.717, 1.165) is 16.8 Å². The van der Waals surface area contributed by atoms with Crippen molar-refractivity contribution >= 4 is 5.70 Å². The van der Waals surface area contributed by atoms with E-state index in [4.69, 9.17) is 0 Å². The fourth-order valence-electron chi connectivity index (χ4n) is 1.65. The fourth-order valence-corrected chi connectivity index (χ4v) is 1.65. The first-order valence-corrected chi connectivity index (χ1v) is 5.72. The van der Waals surface area contributed by atoms with Gasteiger partial charge in [-0.2, -0.15) is 0 Å². The third-order valence-electron chi connectivity index (χ3n) is 2.56. The number of nitrogens with one attached hydrogen (secondary N) is 2. The zero-order valence-electron chi connectivity index (χ0n) is 11.1. The van der Waals surface area contributed by atoms with Crippen LogP contribution in [0.1, 0.15) is 18.1 Å². The van der Waals surface area contributed by atoms with Crippen LogP contribution in [0.15, 0.2) is 48.8 Å². The molecule has 0 fully saturated rings. The third kappa shape index (κ3) is 3.23. The van der Waals surface area contributed by atoms with Gasteiger partial charge in [0.2, 0.25) is 0 Å². The van der Waals surface area contributed by atoms with Crippen molar-refractivity contribution < 1.29 is 4.39 Å². The summed E-state index contributed by atoms with van der Waals surface area (Å²) in [6.07, 6.45) is 1.77. The summed E-state index contributed by atoms with van der Waals surface area (Å²) in [5.74, 6) is -0.280. The molecule has 0 amide bonds. The second kappa shape index (κ2) is 6.05. The Morgan fingerprint density at radius 3 is 2.50 bits per heavy atom. The largest absolute Gasteiger partial charge is 0.392 e. The van der Waals surface area contributed by atoms with E-state index in [2.05, 4.69) is 23.8 Å². The first kappa shape index (κ1) is 14.0. The Bertz CT molecular complexity index is 481. The lowest BCUT2D eigenvalue weighted by Gasteiger charge is -2.16. The molecule has 0 radical (unpaired) electrons. The van der Waals surface area contributed by atoms with E-state index < -0.39 is 0 Å². The molecule has 0 saturated heterocycles. The standard InChI is InChI=1S/C15H19FN2/c1-10(2)14(9-17-5)18-12(4)15-11(3)7-6-8-13(15)16/h6-9,17-18H,1,4H2,2-3,5H3/b14-9+. The summed E-state index contributed by atoms with van der Waals surface area (Å²) in [4.78, 5) is 0. The van der Waals surface area contributed by atoms with Gasteiger partial charge in [-0.15, -0.1) is 0 Å². The Balaban J connectivity index is 3.02. The lowest BCUT2D eigenvalue weighted by Crippen LogP contribution is -2.16. The predicted molar refractivity (Wildman–Crippen MR) is 75.3 cm³/mol. The average molecular weight is 246 g/mol. The van der Waals surface area contributed by atoms with Crippen LogP contribution < -0.4 is 10.6 Å². The van der Waals surface area contributed by atoms with Crippen LogP contribution in [0.5, 0.6) is 0 Å². The molecule has 1 rings (SSSR count). The van der Waals surface area contributed by atoms with Gasteiger partial charge in [0.1, 0.15) is 5.82 Å². The minimum Gasteiger partial charge on any atom is -0.392 e. The molecule has 0 spiro atoms. The molecular formula is C15H19FN2. The SMILES string of the molecule is C=C(C)/C(=C\NC)NC(=C)c1c(C)cccc1F. The monoisotopic (exact) mass is 246 g/mol. The molecule has 0 bridgehead atoms. The maximum atomic E-state index is 13.8. The van der Waals surface area contributed by atoms with Gasteiger partial charge in [0, 0.05) is 24.5 Å². The summed E-state index contributed by atoms with van der Waals surface area (Å²) in [5.41, 5.74) is 3.50. The van der Waals surface area contributed by atoms with Crippen LogP contribution in [0.2, 0.25) is 0 Å². The maximum Gasteiger partial charge on any atom is 0.132 e. The Kier molecular flexibility index (Phi) is 4.72. The second-order valence-corrected chi connectivity index (χ2v) is 4.16. The second-order valence-electron chi connectivity index (χ2n) is 4.16. The van der Waals surface area contributed by atoms with Crippen molar-refractivity contribution in [2.75, 3.05) is 7.05 Å². The third-order valence-corrected chi connectivity index (χ3v) is 2.56. The van der Waals surface area contributed by atoms with E-state index in [-0.39, 0.29) is 5.82 Å². The van der Waals surface area contributed by atoms with Crippen molar-refractivity contribution in [3.8, 4) is 0 Å². The number of allylic oxidation sites excluding steroid dienone is 1. The van der Waals surface area contributed by atoms with E-state index in [0.29, 0.717) is 11.3 Å². The molecule has 0 aliphatic carbocycles. The highest BCUT2D eigenvalue weighted by molar-refractivity contribution is 5.67. The quantitative estimate of drug-likeness (QED) is 0.779. The van der Waals surface area contributed by atoms with Gasteiger partial charge in [-0.25, -0.2) is 4.39 Å². The molecule has 2 N–H and O–H groups in total. The van der Waals surface area contributed by atoms with Gasteiger partial charge in [0.05, 0.1) is 5.70 Å². The molecular weight excluding hydrogens is 227 g/mol. The number of aryl methyl sites for hydroxylation is 1. The molecule has 18 heavy (non-hydrogen) atoms. The van der Waals surface area contributed by atoms with E-state index >= 15 is 0 Å². The molecule has 0 heterocycles. The van der Waals surface area contributed by atoms with Crippen molar-refractivity contribution in [1.82, 2.24) is 10.6 Å². The highest BCUT2D eigenvalue weighted by Crippen LogP contribution is 2.20. The highest BCUT2D eigenvalue weighted by Gasteiger charge is 2.10. The number of hydrogen-bond donors (Lipinski definition) is 2. The molecule has 0 saturated carbocycles. The lowest BCUT2D eigenvalue weighted by molar-refractivity contribution is 0.621. The topological polar surface area (TPSA) is 24.1 Å². The molecule has 96 valence electrons. The van der Waals surface area contributed by atoms with Gasteiger partial charge < -0.3 is 10.6 Å². The van der Waals surface area contributed by atoms with E-state index in [9.17, 15) is 4.39 Å². The van der Waals surface area contributed by atoms with Crippen molar-refractivity contribution in [2.45, 2.75) is 13.8 Å². The highest BCUT2D eigenvalue weighted by atomic mass is 19.1. The van der Waals surface area contributed by atoms with E-state index in [1.807, 2.05) is 19.9 Å². The lowest BCUT2D eigenvalue weighted by atomic mass is 10.1. The summed E-state index contributed by atoms with van der Waals surface area (Å²) >= 11 is 0. The van der Waals surface area contributed by atoms with Crippen LogP contribution in [-0.4, -0.2) is 7.05 Å². The van der Waals surface area contributed by atoms with Crippen LogP contribution in [0, 0.1) is 12.7 Å². The Morgan fingerprint density at radius 2 is 2.00 bits per heavy atom. The number of hydrogen-bond acceptors (Lipinski definition) is 2. The van der Waals surface area contributed by atoms with Gasteiger partial charge in [-0.1, -0.05) is 25.3 Å². The predicted octanol–water partition coefficient (Wildman–Crippen LogP) is 3.33. The minimum atomic E-state index is -0.280. The van der Waals surface area contributed by atoms with Gasteiger partial charge in [0.15, 0.2) is 0 Å². The van der Waals surface area contributed by atoms with Crippen molar-refractivity contribution in [2.24, 2.45) is 0 Å². The molecule has 2 nitrogen and oxygen atoms in total. The minimum absolute atomic E-state index is 0.280. The first-order valence-electron chi connectivity index (χ1n) is 5.72. The van der Waals surface area contributed by atoms with Crippen LogP contribution in [0.3, 0.4) is 0 Å². The van der Waals surface area contributed by atoms with Gasteiger partial charge in [-0.3, -0.25) is 0 Å². The smallest absolute Gasteiger partial charge is 0.132 e. The number of halogens is 1. The summed E-state index contributed by atoms with van der Waals surface area (Å²) in [6.45, 7) is 11.5. The Labute approximate surface area is 108 Å².